The molecule has 3 rings (SSSR count). The highest BCUT2D eigenvalue weighted by molar-refractivity contribution is 7.85. The molecular weight excluding hydrogens is 376 g/mol. The number of unbranched alkanes of at least 4 members (excludes halogenated alkanes) is 1. The summed E-state index contributed by atoms with van der Waals surface area (Å²) in [6, 6.07) is 19.0. The van der Waals surface area contributed by atoms with Gasteiger partial charge in [-0.1, -0.05) is 48.5 Å². The van der Waals surface area contributed by atoms with E-state index in [-0.39, 0.29) is 4.90 Å². The van der Waals surface area contributed by atoms with Gasteiger partial charge >= 0.3 is 0 Å². The predicted octanol–water partition coefficient (Wildman–Crippen LogP) is 5.76. The fourth-order valence-electron chi connectivity index (χ4n) is 2.99. The maximum atomic E-state index is 11.1. The van der Waals surface area contributed by atoms with Gasteiger partial charge in [-0.05, 0) is 72.0 Å². The lowest BCUT2D eigenvalue weighted by Gasteiger charge is -2.08. The predicted molar refractivity (Wildman–Crippen MR) is 112 cm³/mol. The van der Waals surface area contributed by atoms with Crippen molar-refractivity contribution in [1.82, 2.24) is 0 Å². The first kappa shape index (κ1) is 19.5. The first-order valence-electron chi connectivity index (χ1n) is 8.81. The Labute approximate surface area is 164 Å². The van der Waals surface area contributed by atoms with Crippen LogP contribution < -0.4 is 0 Å². The summed E-state index contributed by atoms with van der Waals surface area (Å²) in [5.41, 5.74) is 4.84. The van der Waals surface area contributed by atoms with Gasteiger partial charge in [0.2, 0.25) is 0 Å². The summed E-state index contributed by atoms with van der Waals surface area (Å²) in [5, 5.41) is 2.12. The van der Waals surface area contributed by atoms with Gasteiger partial charge in [-0.15, -0.1) is 11.3 Å². The SMILES string of the molecule is Cc1ccsc1C(=CCCCc1ccc(S(=O)(=O)O)cc1)c1ccccc1. The molecule has 3 nitrogen and oxygen atoms in total. The first-order valence-corrected chi connectivity index (χ1v) is 11.1. The second-order valence-corrected chi connectivity index (χ2v) is 8.77. The number of allylic oxidation sites excluding steroid dienone is 1. The molecule has 0 spiro atoms. The van der Waals surface area contributed by atoms with Crippen LogP contribution in [-0.4, -0.2) is 13.0 Å². The molecule has 0 saturated heterocycles. The lowest BCUT2D eigenvalue weighted by molar-refractivity contribution is 0.483. The number of aryl methyl sites for hydroxylation is 2. The summed E-state index contributed by atoms with van der Waals surface area (Å²) in [6.07, 6.45) is 5.04. The molecule has 0 bridgehead atoms. The summed E-state index contributed by atoms with van der Waals surface area (Å²) in [4.78, 5) is 1.24. The summed E-state index contributed by atoms with van der Waals surface area (Å²) in [6.45, 7) is 2.14. The number of hydrogen-bond acceptors (Lipinski definition) is 3. The third-order valence-electron chi connectivity index (χ3n) is 4.43. The molecule has 0 amide bonds. The zero-order valence-corrected chi connectivity index (χ0v) is 16.8. The van der Waals surface area contributed by atoms with Crippen molar-refractivity contribution >= 4 is 27.0 Å². The van der Waals surface area contributed by atoms with Gasteiger partial charge in [-0.25, -0.2) is 0 Å². The summed E-state index contributed by atoms with van der Waals surface area (Å²) >= 11 is 1.76. The van der Waals surface area contributed by atoms with E-state index in [1.807, 2.05) is 6.07 Å². The molecular formula is C22H22O3S2. The molecule has 27 heavy (non-hydrogen) atoms. The quantitative estimate of drug-likeness (QED) is 0.407. The Kier molecular flexibility index (Phi) is 6.26. The minimum Gasteiger partial charge on any atom is -0.282 e. The van der Waals surface area contributed by atoms with Crippen molar-refractivity contribution < 1.29 is 13.0 Å². The summed E-state index contributed by atoms with van der Waals surface area (Å²) in [7, 11) is -4.12. The van der Waals surface area contributed by atoms with Crippen LogP contribution in [0.5, 0.6) is 0 Å². The van der Waals surface area contributed by atoms with Crippen LogP contribution >= 0.6 is 11.3 Å². The van der Waals surface area contributed by atoms with E-state index < -0.39 is 10.1 Å². The van der Waals surface area contributed by atoms with Crippen molar-refractivity contribution in [1.29, 1.82) is 0 Å². The molecule has 3 aromatic rings. The normalized spacial score (nSPS) is 12.3. The van der Waals surface area contributed by atoms with Crippen LogP contribution in [0.25, 0.3) is 5.57 Å². The number of hydrogen-bond donors (Lipinski definition) is 1. The second kappa shape index (κ2) is 8.65. The monoisotopic (exact) mass is 398 g/mol. The van der Waals surface area contributed by atoms with Crippen molar-refractivity contribution in [3.05, 3.63) is 93.7 Å². The fraction of sp³-hybridized carbons (Fsp3) is 0.182. The molecule has 0 atom stereocenters. The van der Waals surface area contributed by atoms with Crippen LogP contribution in [0, 0.1) is 6.92 Å². The van der Waals surface area contributed by atoms with Crippen LogP contribution in [0.15, 0.2) is 77.0 Å². The van der Waals surface area contributed by atoms with E-state index in [9.17, 15) is 8.42 Å². The van der Waals surface area contributed by atoms with Crippen molar-refractivity contribution in [3.8, 4) is 0 Å². The van der Waals surface area contributed by atoms with Crippen LogP contribution in [0.3, 0.4) is 0 Å². The van der Waals surface area contributed by atoms with Crippen LogP contribution in [0.4, 0.5) is 0 Å². The molecule has 140 valence electrons. The van der Waals surface area contributed by atoms with Crippen molar-refractivity contribution in [2.75, 3.05) is 0 Å². The highest BCUT2D eigenvalue weighted by Gasteiger charge is 2.10. The molecule has 1 heterocycles. The highest BCUT2D eigenvalue weighted by atomic mass is 32.2. The molecule has 0 saturated carbocycles. The topological polar surface area (TPSA) is 54.4 Å². The standard InChI is InChI=1S/C22H22O3S2/c1-17-15-16-26-22(17)21(19-8-3-2-4-9-19)10-6-5-7-18-11-13-20(14-12-18)27(23,24)25/h2-4,8-16H,5-7H2,1H3,(H,23,24,25). The van der Waals surface area contributed by atoms with E-state index >= 15 is 0 Å². The summed E-state index contributed by atoms with van der Waals surface area (Å²) < 4.78 is 31.2. The molecule has 0 aliphatic carbocycles. The van der Waals surface area contributed by atoms with Gasteiger partial charge in [-0.3, -0.25) is 4.55 Å². The lowest BCUT2D eigenvalue weighted by Crippen LogP contribution is -1.97. The Morgan fingerprint density at radius 3 is 2.33 bits per heavy atom. The molecule has 1 aromatic heterocycles. The Morgan fingerprint density at radius 1 is 1.04 bits per heavy atom. The van der Waals surface area contributed by atoms with E-state index in [2.05, 4.69) is 48.7 Å². The van der Waals surface area contributed by atoms with Gasteiger partial charge in [0.15, 0.2) is 0 Å². The van der Waals surface area contributed by atoms with E-state index in [0.717, 1.165) is 24.8 Å². The molecule has 1 N–H and O–H groups in total. The van der Waals surface area contributed by atoms with Gasteiger partial charge in [0.1, 0.15) is 0 Å². The van der Waals surface area contributed by atoms with Gasteiger partial charge in [0.05, 0.1) is 4.90 Å². The fourth-order valence-corrected chi connectivity index (χ4v) is 4.46. The van der Waals surface area contributed by atoms with Gasteiger partial charge < -0.3 is 0 Å². The third kappa shape index (κ3) is 5.16. The zero-order chi connectivity index (χ0) is 19.3. The number of thiophene rings is 1. The number of rotatable bonds is 7. The van der Waals surface area contributed by atoms with E-state index in [0.29, 0.717) is 0 Å². The second-order valence-electron chi connectivity index (χ2n) is 6.43. The largest absolute Gasteiger partial charge is 0.294 e. The Bertz CT molecular complexity index is 1010. The van der Waals surface area contributed by atoms with Crippen molar-refractivity contribution in [2.45, 2.75) is 31.1 Å². The first-order chi connectivity index (χ1) is 12.9. The molecule has 0 unspecified atom stereocenters. The zero-order valence-electron chi connectivity index (χ0n) is 15.1. The van der Waals surface area contributed by atoms with E-state index in [1.165, 1.54) is 33.7 Å². The molecule has 0 fully saturated rings. The average molecular weight is 399 g/mol. The van der Waals surface area contributed by atoms with E-state index in [4.69, 9.17) is 4.55 Å². The minimum absolute atomic E-state index is 0.0642. The average Bonchev–Trinajstić information content (AvgIpc) is 3.08. The maximum absolute atomic E-state index is 11.1. The van der Waals surface area contributed by atoms with Crippen LogP contribution in [0.2, 0.25) is 0 Å². The van der Waals surface area contributed by atoms with Gasteiger partial charge in [0.25, 0.3) is 10.1 Å². The van der Waals surface area contributed by atoms with Crippen molar-refractivity contribution in [3.63, 3.8) is 0 Å². The Morgan fingerprint density at radius 2 is 1.74 bits per heavy atom. The molecule has 0 aliphatic rings. The minimum atomic E-state index is -4.12. The highest BCUT2D eigenvalue weighted by Crippen LogP contribution is 2.31. The van der Waals surface area contributed by atoms with E-state index in [1.54, 1.807) is 23.5 Å². The molecule has 2 aromatic carbocycles. The molecule has 0 radical (unpaired) electrons. The Balaban J connectivity index is 1.70. The molecule has 0 aliphatic heterocycles. The molecule has 5 heteroatoms. The van der Waals surface area contributed by atoms with Crippen LogP contribution in [-0.2, 0) is 16.5 Å². The van der Waals surface area contributed by atoms with Gasteiger partial charge in [-0.2, -0.15) is 8.42 Å². The third-order valence-corrected chi connectivity index (χ3v) is 6.35. The smallest absolute Gasteiger partial charge is 0.282 e. The van der Waals surface area contributed by atoms with Gasteiger partial charge in [0, 0.05) is 4.88 Å². The lowest BCUT2D eigenvalue weighted by atomic mass is 9.99. The summed E-state index contributed by atoms with van der Waals surface area (Å²) in [5.74, 6) is 0. The van der Waals surface area contributed by atoms with Crippen molar-refractivity contribution in [2.24, 2.45) is 0 Å². The van der Waals surface area contributed by atoms with Crippen LogP contribution in [0.1, 0.15) is 34.4 Å². The Hall–Kier alpha value is -2.21. The number of benzene rings is 2. The maximum Gasteiger partial charge on any atom is 0.294 e.